The number of amides is 4. The molecule has 0 saturated carbocycles. The van der Waals surface area contributed by atoms with Crippen LogP contribution in [-0.4, -0.2) is 34.8 Å². The zero-order chi connectivity index (χ0) is 20.7. The first-order chi connectivity index (χ1) is 12.9. The fourth-order valence-electron chi connectivity index (χ4n) is 4.89. The second-order valence-corrected chi connectivity index (χ2v) is 9.91. The van der Waals surface area contributed by atoms with E-state index < -0.39 is 17.1 Å². The summed E-state index contributed by atoms with van der Waals surface area (Å²) in [6.45, 7) is 10.00. The van der Waals surface area contributed by atoms with Crippen molar-refractivity contribution in [2.75, 3.05) is 6.54 Å². The fraction of sp³-hybridized carbons (Fsp3) is 0.591. The Morgan fingerprint density at radius 3 is 2.54 bits per heavy atom. The van der Waals surface area contributed by atoms with E-state index in [4.69, 9.17) is 0 Å². The monoisotopic (exact) mass is 385 g/mol. The average molecular weight is 386 g/mol. The van der Waals surface area contributed by atoms with Crippen molar-refractivity contribution in [3.8, 4) is 0 Å². The molecule has 2 N–H and O–H groups in total. The topological polar surface area (TPSA) is 78.5 Å². The van der Waals surface area contributed by atoms with Crippen LogP contribution in [0.2, 0.25) is 0 Å². The summed E-state index contributed by atoms with van der Waals surface area (Å²) < 4.78 is 0. The molecule has 1 aromatic carbocycles. The minimum Gasteiger partial charge on any atom is -0.350 e. The van der Waals surface area contributed by atoms with E-state index in [0.29, 0.717) is 6.42 Å². The van der Waals surface area contributed by atoms with Gasteiger partial charge in [0, 0.05) is 5.54 Å². The Morgan fingerprint density at radius 1 is 1.18 bits per heavy atom. The number of hydrogen-bond acceptors (Lipinski definition) is 3. The lowest BCUT2D eigenvalue weighted by atomic mass is 9.76. The van der Waals surface area contributed by atoms with Gasteiger partial charge in [0.2, 0.25) is 5.91 Å². The smallest absolute Gasteiger partial charge is 0.325 e. The first-order valence-corrected chi connectivity index (χ1v) is 9.97. The van der Waals surface area contributed by atoms with Gasteiger partial charge in [-0.15, -0.1) is 0 Å². The Bertz CT molecular complexity index is 809. The molecule has 3 rings (SSSR count). The maximum atomic E-state index is 13.2. The third-order valence-corrected chi connectivity index (χ3v) is 5.40. The van der Waals surface area contributed by atoms with Crippen LogP contribution in [0.15, 0.2) is 24.3 Å². The second-order valence-electron chi connectivity index (χ2n) is 9.91. The van der Waals surface area contributed by atoms with Crippen LogP contribution in [0.3, 0.4) is 0 Å². The van der Waals surface area contributed by atoms with Crippen molar-refractivity contribution in [1.82, 2.24) is 15.5 Å². The molecule has 1 aromatic rings. The average Bonchev–Trinajstić information content (AvgIpc) is 2.77. The normalized spacial score (nSPS) is 22.2. The summed E-state index contributed by atoms with van der Waals surface area (Å²) in [5, 5.41) is 5.87. The van der Waals surface area contributed by atoms with Crippen molar-refractivity contribution >= 4 is 17.8 Å². The van der Waals surface area contributed by atoms with Gasteiger partial charge in [0.05, 0.1) is 0 Å². The zero-order valence-corrected chi connectivity index (χ0v) is 17.5. The van der Waals surface area contributed by atoms with Crippen molar-refractivity contribution in [2.24, 2.45) is 5.41 Å². The lowest BCUT2D eigenvalue weighted by Crippen LogP contribution is -2.51. The molecule has 6 heteroatoms. The van der Waals surface area contributed by atoms with Gasteiger partial charge >= 0.3 is 6.03 Å². The van der Waals surface area contributed by atoms with Crippen molar-refractivity contribution < 1.29 is 14.4 Å². The zero-order valence-electron chi connectivity index (χ0n) is 17.5. The van der Waals surface area contributed by atoms with Crippen LogP contribution in [0.4, 0.5) is 4.79 Å². The molecule has 1 aliphatic carbocycles. The van der Waals surface area contributed by atoms with Crippen molar-refractivity contribution in [3.05, 3.63) is 35.4 Å². The molecule has 1 aliphatic heterocycles. The van der Waals surface area contributed by atoms with Gasteiger partial charge in [0.1, 0.15) is 12.1 Å². The van der Waals surface area contributed by atoms with Crippen LogP contribution in [-0.2, 0) is 21.5 Å². The number of fused-ring (bicyclic) bond motifs is 2. The highest BCUT2D eigenvalue weighted by Crippen LogP contribution is 2.39. The second kappa shape index (κ2) is 6.90. The maximum absolute atomic E-state index is 13.2. The molecule has 2 aliphatic rings. The number of hydrogen-bond donors (Lipinski definition) is 2. The molecular formula is C22H31N3O3. The predicted octanol–water partition coefficient (Wildman–Crippen LogP) is 3.10. The molecule has 1 heterocycles. The van der Waals surface area contributed by atoms with Gasteiger partial charge in [0.15, 0.2) is 0 Å². The summed E-state index contributed by atoms with van der Waals surface area (Å²) in [5.41, 5.74) is 0.528. The number of imide groups is 1. The van der Waals surface area contributed by atoms with Crippen LogP contribution in [0, 0.1) is 5.41 Å². The minimum absolute atomic E-state index is 0.0491. The highest BCUT2D eigenvalue weighted by Gasteiger charge is 2.54. The van der Waals surface area contributed by atoms with Crippen LogP contribution in [0.1, 0.15) is 65.0 Å². The number of carbonyl (C=O) groups is 3. The lowest BCUT2D eigenvalue weighted by molar-refractivity contribution is -0.136. The molecule has 0 bridgehead atoms. The van der Waals surface area contributed by atoms with E-state index in [2.05, 4.69) is 31.4 Å². The number of urea groups is 1. The summed E-state index contributed by atoms with van der Waals surface area (Å²) in [6.07, 6.45) is 3.05. The highest BCUT2D eigenvalue weighted by atomic mass is 16.2. The molecule has 6 nitrogen and oxygen atoms in total. The fourth-order valence-corrected chi connectivity index (χ4v) is 4.89. The molecule has 0 unspecified atom stereocenters. The van der Waals surface area contributed by atoms with Gasteiger partial charge in [-0.1, -0.05) is 45.0 Å². The summed E-state index contributed by atoms with van der Waals surface area (Å²) in [7, 11) is 0. The van der Waals surface area contributed by atoms with Gasteiger partial charge in [-0.2, -0.15) is 0 Å². The van der Waals surface area contributed by atoms with Crippen molar-refractivity contribution in [3.63, 3.8) is 0 Å². The Balaban J connectivity index is 1.76. The molecule has 1 saturated heterocycles. The first kappa shape index (κ1) is 20.4. The Kier molecular flexibility index (Phi) is 5.02. The third kappa shape index (κ3) is 3.91. The summed E-state index contributed by atoms with van der Waals surface area (Å²) in [6, 6.07) is 7.24. The molecule has 28 heavy (non-hydrogen) atoms. The summed E-state index contributed by atoms with van der Waals surface area (Å²) in [5.74, 6) is -0.646. The van der Waals surface area contributed by atoms with Gasteiger partial charge in [-0.3, -0.25) is 14.5 Å². The molecule has 4 amide bonds. The SMILES string of the molecule is CC(C)(C)CC(C)(C)NC(=O)CN1C(=O)N[C@]2(CCCc3ccccc32)C1=O. The number of rotatable bonds is 4. The van der Waals surface area contributed by atoms with Crippen molar-refractivity contribution in [2.45, 2.75) is 71.4 Å². The molecule has 1 fully saturated rings. The lowest BCUT2D eigenvalue weighted by Gasteiger charge is -2.34. The largest absolute Gasteiger partial charge is 0.350 e. The standard InChI is InChI=1S/C22H31N3O3/c1-20(2,3)14-21(4,5)23-17(26)13-25-18(27)22(24-19(25)28)12-8-10-15-9-6-7-11-16(15)22/h6-7,9,11H,8,10,12-14H2,1-5H3,(H,23,26)(H,24,28)/t22-/m0/s1. The number of benzene rings is 1. The van der Waals surface area contributed by atoms with E-state index in [1.165, 1.54) is 0 Å². The molecule has 1 atom stereocenters. The maximum Gasteiger partial charge on any atom is 0.325 e. The van der Waals surface area contributed by atoms with Crippen LogP contribution >= 0.6 is 0 Å². The molecular weight excluding hydrogens is 354 g/mol. The van der Waals surface area contributed by atoms with Crippen molar-refractivity contribution in [1.29, 1.82) is 0 Å². The quantitative estimate of drug-likeness (QED) is 0.782. The predicted molar refractivity (Wildman–Crippen MR) is 108 cm³/mol. The van der Waals surface area contributed by atoms with E-state index in [-0.39, 0.29) is 23.8 Å². The summed E-state index contributed by atoms with van der Waals surface area (Å²) >= 11 is 0. The van der Waals surface area contributed by atoms with Crippen LogP contribution in [0.25, 0.3) is 0 Å². The van der Waals surface area contributed by atoms with E-state index in [1.54, 1.807) is 0 Å². The molecule has 0 radical (unpaired) electrons. The van der Waals surface area contributed by atoms with E-state index in [1.807, 2.05) is 38.1 Å². The molecule has 1 spiro atoms. The van der Waals surface area contributed by atoms with Gasteiger partial charge in [-0.25, -0.2) is 4.79 Å². The van der Waals surface area contributed by atoms with E-state index in [0.717, 1.165) is 35.3 Å². The van der Waals surface area contributed by atoms with Gasteiger partial charge in [-0.05, 0) is 56.1 Å². The Hall–Kier alpha value is -2.37. The third-order valence-electron chi connectivity index (χ3n) is 5.40. The number of nitrogens with one attached hydrogen (secondary N) is 2. The number of nitrogens with zero attached hydrogens (tertiary/aromatic N) is 1. The van der Waals surface area contributed by atoms with Crippen LogP contribution in [0.5, 0.6) is 0 Å². The molecule has 0 aromatic heterocycles. The Morgan fingerprint density at radius 2 is 1.86 bits per heavy atom. The number of carbonyl (C=O) groups excluding carboxylic acids is 3. The Labute approximate surface area is 167 Å². The first-order valence-electron chi connectivity index (χ1n) is 9.97. The van der Waals surface area contributed by atoms with Gasteiger partial charge < -0.3 is 10.6 Å². The number of aryl methyl sites for hydroxylation is 1. The molecule has 152 valence electrons. The highest BCUT2D eigenvalue weighted by molar-refractivity contribution is 6.09. The minimum atomic E-state index is -1.03. The van der Waals surface area contributed by atoms with E-state index in [9.17, 15) is 14.4 Å². The van der Waals surface area contributed by atoms with E-state index >= 15 is 0 Å². The van der Waals surface area contributed by atoms with Gasteiger partial charge in [0.25, 0.3) is 5.91 Å². The van der Waals surface area contributed by atoms with Crippen LogP contribution < -0.4 is 10.6 Å². The summed E-state index contributed by atoms with van der Waals surface area (Å²) in [4.78, 5) is 39.5.